The molecule has 0 saturated heterocycles. The van der Waals surface area contributed by atoms with Crippen LogP contribution in [0, 0.1) is 6.92 Å². The average molecular weight is 260 g/mol. The van der Waals surface area contributed by atoms with Gasteiger partial charge in [-0.2, -0.15) is 0 Å². The van der Waals surface area contributed by atoms with Crippen LogP contribution in [0.25, 0.3) is 11.0 Å². The van der Waals surface area contributed by atoms with Crippen molar-refractivity contribution in [2.75, 3.05) is 6.54 Å². The van der Waals surface area contributed by atoms with Crippen LogP contribution >= 0.6 is 0 Å². The number of hydrogen-bond donors (Lipinski definition) is 2. The number of amides is 1. The molecule has 3 N–H and O–H groups in total. The molecule has 1 amide bonds. The summed E-state index contributed by atoms with van der Waals surface area (Å²) in [6.07, 6.45) is 1.92. The molecular weight excluding hydrogens is 240 g/mol. The van der Waals surface area contributed by atoms with E-state index in [1.54, 1.807) is 6.07 Å². The number of aryl methyl sites for hydroxylation is 1. The second-order valence-electron chi connectivity index (χ2n) is 4.91. The molecule has 0 saturated carbocycles. The number of carbonyl (C=O) groups is 1. The maximum atomic E-state index is 11.9. The van der Waals surface area contributed by atoms with E-state index >= 15 is 0 Å². The number of hydrogen-bond acceptors (Lipinski definition) is 3. The Morgan fingerprint density at radius 1 is 1.42 bits per heavy atom. The minimum absolute atomic E-state index is 0.000530. The Kier molecular flexibility index (Phi) is 4.22. The summed E-state index contributed by atoms with van der Waals surface area (Å²) in [7, 11) is 0. The SMILES string of the molecule is CCCC(N)CNC(=O)c1cc2cc(C)ccc2o1. The molecule has 1 aromatic heterocycles. The molecule has 0 bridgehead atoms. The van der Waals surface area contributed by atoms with Crippen molar-refractivity contribution in [1.82, 2.24) is 5.32 Å². The summed E-state index contributed by atoms with van der Waals surface area (Å²) in [6, 6.07) is 7.61. The molecule has 1 aromatic carbocycles. The van der Waals surface area contributed by atoms with E-state index in [1.807, 2.05) is 25.1 Å². The standard InChI is InChI=1S/C15H20N2O2/c1-3-4-12(16)9-17-15(18)14-8-11-7-10(2)5-6-13(11)19-14/h5-8,12H,3-4,9,16H2,1-2H3,(H,17,18). The highest BCUT2D eigenvalue weighted by molar-refractivity contribution is 5.96. The number of fused-ring (bicyclic) bond motifs is 1. The Morgan fingerprint density at radius 3 is 2.95 bits per heavy atom. The van der Waals surface area contributed by atoms with Crippen LogP contribution in [-0.2, 0) is 0 Å². The van der Waals surface area contributed by atoms with Gasteiger partial charge in [0.25, 0.3) is 5.91 Å². The predicted octanol–water partition coefficient (Wildman–Crippen LogP) is 2.60. The van der Waals surface area contributed by atoms with Gasteiger partial charge in [0.05, 0.1) is 0 Å². The first-order valence-electron chi connectivity index (χ1n) is 6.64. The molecule has 0 spiro atoms. The van der Waals surface area contributed by atoms with Crippen molar-refractivity contribution in [2.24, 2.45) is 5.73 Å². The molecule has 1 atom stereocenters. The third-order valence-corrected chi connectivity index (χ3v) is 3.08. The Balaban J connectivity index is 2.05. The van der Waals surface area contributed by atoms with Gasteiger partial charge in [-0.05, 0) is 31.5 Å². The fraction of sp³-hybridized carbons (Fsp3) is 0.400. The van der Waals surface area contributed by atoms with Crippen molar-refractivity contribution >= 4 is 16.9 Å². The summed E-state index contributed by atoms with van der Waals surface area (Å²) in [6.45, 7) is 4.56. The van der Waals surface area contributed by atoms with Gasteiger partial charge in [-0.3, -0.25) is 4.79 Å². The van der Waals surface area contributed by atoms with Crippen molar-refractivity contribution in [2.45, 2.75) is 32.7 Å². The largest absolute Gasteiger partial charge is 0.451 e. The molecule has 4 heteroatoms. The minimum atomic E-state index is -0.208. The molecule has 4 nitrogen and oxygen atoms in total. The normalized spacial score (nSPS) is 12.6. The number of rotatable bonds is 5. The van der Waals surface area contributed by atoms with Gasteiger partial charge in [-0.1, -0.05) is 25.0 Å². The van der Waals surface area contributed by atoms with Gasteiger partial charge < -0.3 is 15.5 Å². The first-order chi connectivity index (χ1) is 9.10. The van der Waals surface area contributed by atoms with E-state index in [0.717, 1.165) is 29.4 Å². The van der Waals surface area contributed by atoms with E-state index in [2.05, 4.69) is 12.2 Å². The zero-order chi connectivity index (χ0) is 13.8. The van der Waals surface area contributed by atoms with E-state index in [4.69, 9.17) is 10.2 Å². The summed E-state index contributed by atoms with van der Waals surface area (Å²) in [5.74, 6) is 0.129. The molecule has 102 valence electrons. The van der Waals surface area contributed by atoms with Gasteiger partial charge in [0.1, 0.15) is 5.58 Å². The van der Waals surface area contributed by atoms with Gasteiger partial charge in [0.15, 0.2) is 5.76 Å². The fourth-order valence-corrected chi connectivity index (χ4v) is 2.06. The smallest absolute Gasteiger partial charge is 0.287 e. The summed E-state index contributed by atoms with van der Waals surface area (Å²) in [5.41, 5.74) is 7.73. The second kappa shape index (κ2) is 5.89. The van der Waals surface area contributed by atoms with Crippen LogP contribution in [-0.4, -0.2) is 18.5 Å². The Hall–Kier alpha value is -1.81. The van der Waals surface area contributed by atoms with E-state index in [-0.39, 0.29) is 11.9 Å². The predicted molar refractivity (Wildman–Crippen MR) is 76.2 cm³/mol. The van der Waals surface area contributed by atoms with Gasteiger partial charge in [-0.15, -0.1) is 0 Å². The lowest BCUT2D eigenvalue weighted by atomic mass is 10.2. The summed E-state index contributed by atoms with van der Waals surface area (Å²) < 4.78 is 5.52. The van der Waals surface area contributed by atoms with Crippen molar-refractivity contribution < 1.29 is 9.21 Å². The zero-order valence-electron chi connectivity index (χ0n) is 11.4. The van der Waals surface area contributed by atoms with Gasteiger partial charge >= 0.3 is 0 Å². The molecule has 19 heavy (non-hydrogen) atoms. The second-order valence-corrected chi connectivity index (χ2v) is 4.91. The monoisotopic (exact) mass is 260 g/mol. The van der Waals surface area contributed by atoms with Crippen molar-refractivity contribution in [3.63, 3.8) is 0 Å². The zero-order valence-corrected chi connectivity index (χ0v) is 11.4. The summed E-state index contributed by atoms with van der Waals surface area (Å²) in [4.78, 5) is 11.9. The number of nitrogens with one attached hydrogen (secondary N) is 1. The lowest BCUT2D eigenvalue weighted by molar-refractivity contribution is 0.0925. The van der Waals surface area contributed by atoms with Crippen molar-refractivity contribution in [3.8, 4) is 0 Å². The number of carbonyl (C=O) groups excluding carboxylic acids is 1. The lowest BCUT2D eigenvalue weighted by Crippen LogP contribution is -2.36. The first-order valence-corrected chi connectivity index (χ1v) is 6.64. The maximum Gasteiger partial charge on any atom is 0.287 e. The molecule has 0 aliphatic rings. The molecule has 2 aromatic rings. The molecule has 0 fully saturated rings. The Bertz CT molecular complexity index is 575. The lowest BCUT2D eigenvalue weighted by Gasteiger charge is -2.10. The van der Waals surface area contributed by atoms with E-state index in [9.17, 15) is 4.79 Å². The van der Waals surface area contributed by atoms with E-state index in [1.165, 1.54) is 0 Å². The number of benzene rings is 1. The molecule has 0 radical (unpaired) electrons. The van der Waals surface area contributed by atoms with E-state index < -0.39 is 0 Å². The molecule has 0 aliphatic carbocycles. The van der Waals surface area contributed by atoms with Crippen LogP contribution in [0.4, 0.5) is 0 Å². The highest BCUT2D eigenvalue weighted by atomic mass is 16.3. The first kappa shape index (κ1) is 13.6. The van der Waals surface area contributed by atoms with Crippen molar-refractivity contribution in [3.05, 3.63) is 35.6 Å². The van der Waals surface area contributed by atoms with Gasteiger partial charge in [-0.25, -0.2) is 0 Å². The Labute approximate surface area is 113 Å². The molecule has 1 heterocycles. The Morgan fingerprint density at radius 2 is 2.21 bits per heavy atom. The van der Waals surface area contributed by atoms with Crippen LogP contribution in [0.2, 0.25) is 0 Å². The van der Waals surface area contributed by atoms with Crippen LogP contribution in [0.5, 0.6) is 0 Å². The number of furan rings is 1. The number of nitrogens with two attached hydrogens (primary N) is 1. The quantitative estimate of drug-likeness (QED) is 0.868. The molecule has 0 aliphatic heterocycles. The van der Waals surface area contributed by atoms with Gasteiger partial charge in [0.2, 0.25) is 0 Å². The van der Waals surface area contributed by atoms with E-state index in [0.29, 0.717) is 12.3 Å². The minimum Gasteiger partial charge on any atom is -0.451 e. The van der Waals surface area contributed by atoms with Crippen LogP contribution in [0.3, 0.4) is 0 Å². The highest BCUT2D eigenvalue weighted by Gasteiger charge is 2.13. The average Bonchev–Trinajstić information content (AvgIpc) is 2.79. The summed E-state index contributed by atoms with van der Waals surface area (Å²) >= 11 is 0. The highest BCUT2D eigenvalue weighted by Crippen LogP contribution is 2.20. The third-order valence-electron chi connectivity index (χ3n) is 3.08. The molecule has 1 unspecified atom stereocenters. The van der Waals surface area contributed by atoms with Crippen LogP contribution in [0.15, 0.2) is 28.7 Å². The topological polar surface area (TPSA) is 68.3 Å². The molecule has 2 rings (SSSR count). The summed E-state index contributed by atoms with van der Waals surface area (Å²) in [5, 5.41) is 3.75. The van der Waals surface area contributed by atoms with Crippen molar-refractivity contribution in [1.29, 1.82) is 0 Å². The molecular formula is C15H20N2O2. The maximum absolute atomic E-state index is 11.9. The van der Waals surface area contributed by atoms with Crippen LogP contribution < -0.4 is 11.1 Å². The fourth-order valence-electron chi connectivity index (χ4n) is 2.06. The third kappa shape index (κ3) is 3.35. The van der Waals surface area contributed by atoms with Crippen LogP contribution in [0.1, 0.15) is 35.9 Å². The van der Waals surface area contributed by atoms with Gasteiger partial charge in [0, 0.05) is 18.0 Å².